The van der Waals surface area contributed by atoms with E-state index in [1.165, 1.54) is 6.07 Å². The highest BCUT2D eigenvalue weighted by molar-refractivity contribution is 7.91. The first kappa shape index (κ1) is 23.1. The highest BCUT2D eigenvalue weighted by Gasteiger charge is 2.25. The van der Waals surface area contributed by atoms with Gasteiger partial charge in [0.15, 0.2) is 0 Å². The topological polar surface area (TPSA) is 78.5 Å². The van der Waals surface area contributed by atoms with Crippen LogP contribution >= 0.6 is 0 Å². The van der Waals surface area contributed by atoms with Crippen LogP contribution in [0.1, 0.15) is 32.6 Å². The molecule has 0 bridgehead atoms. The van der Waals surface area contributed by atoms with Crippen molar-refractivity contribution >= 4 is 27.1 Å². The van der Waals surface area contributed by atoms with Gasteiger partial charge in [-0.3, -0.25) is 4.79 Å². The number of carbonyl (C=O) groups is 1. The summed E-state index contributed by atoms with van der Waals surface area (Å²) < 4.78 is 53.7. The van der Waals surface area contributed by atoms with Crippen LogP contribution in [-0.4, -0.2) is 40.5 Å². The number of hydrogen-bond donors (Lipinski definition) is 2. The highest BCUT2D eigenvalue weighted by Crippen LogP contribution is 2.32. The lowest BCUT2D eigenvalue weighted by atomic mass is 10.2. The summed E-state index contributed by atoms with van der Waals surface area (Å²) in [5.74, 6) is -2.28. The molecule has 0 aromatic heterocycles. The van der Waals surface area contributed by atoms with E-state index in [0.29, 0.717) is 12.5 Å². The molecular weight excluding hydrogens is 424 g/mol. The number of nitrogens with zero attached hydrogens (tertiary/aromatic N) is 1. The number of halogens is 2. The molecule has 2 N–H and O–H groups in total. The van der Waals surface area contributed by atoms with Crippen LogP contribution in [0.3, 0.4) is 0 Å². The van der Waals surface area contributed by atoms with Gasteiger partial charge in [0, 0.05) is 37.8 Å². The van der Waals surface area contributed by atoms with Crippen LogP contribution in [0.4, 0.5) is 20.2 Å². The Hall–Kier alpha value is -2.52. The molecule has 168 valence electrons. The molecule has 1 aliphatic heterocycles. The van der Waals surface area contributed by atoms with Gasteiger partial charge in [-0.1, -0.05) is 13.3 Å². The second-order valence-electron chi connectivity index (χ2n) is 7.53. The summed E-state index contributed by atoms with van der Waals surface area (Å²) in [5, 5.41) is 6.00. The molecule has 1 heterocycles. The number of unbranched alkanes of at least 4 members (excludes halogenated alkanes) is 1. The number of sulfone groups is 1. The molecule has 0 radical (unpaired) electrons. The number of amides is 1. The van der Waals surface area contributed by atoms with Gasteiger partial charge in [-0.05, 0) is 49.7 Å². The first-order valence-corrected chi connectivity index (χ1v) is 11.9. The first-order valence-electron chi connectivity index (χ1n) is 10.4. The van der Waals surface area contributed by atoms with Crippen molar-refractivity contribution in [1.29, 1.82) is 0 Å². The zero-order chi connectivity index (χ0) is 22.4. The molecule has 9 heteroatoms. The van der Waals surface area contributed by atoms with Crippen LogP contribution in [0.2, 0.25) is 0 Å². The van der Waals surface area contributed by atoms with Gasteiger partial charge in [-0.2, -0.15) is 0 Å². The van der Waals surface area contributed by atoms with Crippen molar-refractivity contribution in [3.05, 3.63) is 48.0 Å². The van der Waals surface area contributed by atoms with E-state index in [-0.39, 0.29) is 22.9 Å². The molecule has 2 aromatic carbocycles. The van der Waals surface area contributed by atoms with Crippen molar-refractivity contribution in [2.45, 2.75) is 42.4 Å². The van der Waals surface area contributed by atoms with E-state index in [4.69, 9.17) is 0 Å². The minimum atomic E-state index is -4.26. The van der Waals surface area contributed by atoms with Gasteiger partial charge in [-0.25, -0.2) is 17.2 Å². The molecule has 1 aliphatic rings. The molecule has 0 unspecified atom stereocenters. The van der Waals surface area contributed by atoms with Crippen molar-refractivity contribution in [3.8, 4) is 0 Å². The summed E-state index contributed by atoms with van der Waals surface area (Å²) in [5.41, 5.74) is 0.888. The van der Waals surface area contributed by atoms with Crippen molar-refractivity contribution in [3.63, 3.8) is 0 Å². The lowest BCUT2D eigenvalue weighted by Crippen LogP contribution is -2.28. The second-order valence-corrected chi connectivity index (χ2v) is 9.45. The van der Waals surface area contributed by atoms with Gasteiger partial charge in [0.1, 0.15) is 11.6 Å². The van der Waals surface area contributed by atoms with Crippen molar-refractivity contribution in [2.75, 3.05) is 36.4 Å². The predicted octanol–water partition coefficient (Wildman–Crippen LogP) is 3.73. The Bertz CT molecular complexity index is 1020. The predicted molar refractivity (Wildman–Crippen MR) is 116 cm³/mol. The Morgan fingerprint density at radius 2 is 1.84 bits per heavy atom. The number of benzene rings is 2. The summed E-state index contributed by atoms with van der Waals surface area (Å²) in [6.07, 6.45) is 2.67. The average Bonchev–Trinajstić information content (AvgIpc) is 3.01. The molecule has 6 nitrogen and oxygen atoms in total. The van der Waals surface area contributed by atoms with E-state index in [1.807, 2.05) is 6.92 Å². The van der Waals surface area contributed by atoms with Crippen LogP contribution in [0.25, 0.3) is 0 Å². The summed E-state index contributed by atoms with van der Waals surface area (Å²) in [6, 6.07) is 6.84. The van der Waals surface area contributed by atoms with E-state index >= 15 is 0 Å². The Labute approximate surface area is 181 Å². The van der Waals surface area contributed by atoms with Crippen LogP contribution in [-0.2, 0) is 14.6 Å². The van der Waals surface area contributed by atoms with E-state index in [0.717, 1.165) is 56.8 Å². The Kier molecular flexibility index (Phi) is 7.61. The maximum absolute atomic E-state index is 13.7. The number of anilines is 2. The lowest BCUT2D eigenvalue weighted by molar-refractivity contribution is -0.116. The molecule has 1 saturated heterocycles. The average molecular weight is 452 g/mol. The summed E-state index contributed by atoms with van der Waals surface area (Å²) >= 11 is 0. The van der Waals surface area contributed by atoms with Gasteiger partial charge in [0.2, 0.25) is 15.7 Å². The molecule has 0 saturated carbocycles. The largest absolute Gasteiger partial charge is 0.370 e. The third-order valence-electron chi connectivity index (χ3n) is 5.14. The van der Waals surface area contributed by atoms with E-state index < -0.39 is 26.4 Å². The number of rotatable bonds is 7. The first-order chi connectivity index (χ1) is 14.8. The van der Waals surface area contributed by atoms with Crippen LogP contribution in [0, 0.1) is 11.6 Å². The van der Waals surface area contributed by atoms with E-state index in [1.54, 1.807) is 12.1 Å². The maximum Gasteiger partial charge on any atom is 0.224 e. The van der Waals surface area contributed by atoms with Crippen molar-refractivity contribution < 1.29 is 22.0 Å². The smallest absolute Gasteiger partial charge is 0.224 e. The molecule has 1 amide bonds. The van der Waals surface area contributed by atoms with E-state index in [9.17, 15) is 22.0 Å². The van der Waals surface area contributed by atoms with Crippen molar-refractivity contribution in [1.82, 2.24) is 5.32 Å². The van der Waals surface area contributed by atoms with Gasteiger partial charge >= 0.3 is 0 Å². The Morgan fingerprint density at radius 3 is 2.55 bits per heavy atom. The molecule has 3 rings (SSSR count). The Morgan fingerprint density at radius 1 is 1.10 bits per heavy atom. The second kappa shape index (κ2) is 10.2. The number of hydrogen-bond acceptors (Lipinski definition) is 5. The third kappa shape index (κ3) is 5.80. The number of nitrogens with one attached hydrogen (secondary N) is 2. The summed E-state index contributed by atoms with van der Waals surface area (Å²) in [7, 11) is -4.26. The lowest BCUT2D eigenvalue weighted by Gasteiger charge is -2.24. The van der Waals surface area contributed by atoms with Crippen molar-refractivity contribution in [2.24, 2.45) is 0 Å². The van der Waals surface area contributed by atoms with Crippen LogP contribution in [0.5, 0.6) is 0 Å². The van der Waals surface area contributed by atoms with Gasteiger partial charge in [-0.15, -0.1) is 0 Å². The SMILES string of the molecule is CCCCC(=O)Nc1cc(N2CCCNCC2)ccc1S(=O)(=O)c1cc(F)cc(F)c1. The minimum Gasteiger partial charge on any atom is -0.370 e. The zero-order valence-corrected chi connectivity index (χ0v) is 18.3. The Balaban J connectivity index is 2.03. The van der Waals surface area contributed by atoms with Crippen LogP contribution in [0.15, 0.2) is 46.2 Å². The molecule has 1 fully saturated rings. The van der Waals surface area contributed by atoms with Crippen LogP contribution < -0.4 is 15.5 Å². The molecule has 0 aliphatic carbocycles. The number of carbonyl (C=O) groups excluding carboxylic acids is 1. The molecular formula is C22H27F2N3O3S. The fourth-order valence-corrected chi connectivity index (χ4v) is 4.95. The maximum atomic E-state index is 13.7. The third-order valence-corrected chi connectivity index (χ3v) is 6.93. The van der Waals surface area contributed by atoms with Gasteiger partial charge in [0.25, 0.3) is 0 Å². The monoisotopic (exact) mass is 451 g/mol. The zero-order valence-electron chi connectivity index (χ0n) is 17.5. The quantitative estimate of drug-likeness (QED) is 0.671. The van der Waals surface area contributed by atoms with E-state index in [2.05, 4.69) is 15.5 Å². The normalized spacial score (nSPS) is 14.9. The fourth-order valence-electron chi connectivity index (χ4n) is 3.51. The molecule has 2 aromatic rings. The van der Waals surface area contributed by atoms with Gasteiger partial charge in [0.05, 0.1) is 15.5 Å². The molecule has 0 atom stereocenters. The summed E-state index contributed by atoms with van der Waals surface area (Å²) in [6.45, 7) is 5.17. The highest BCUT2D eigenvalue weighted by atomic mass is 32.2. The minimum absolute atomic E-state index is 0.112. The fraction of sp³-hybridized carbons (Fsp3) is 0.409. The summed E-state index contributed by atoms with van der Waals surface area (Å²) in [4.78, 5) is 13.8. The molecule has 0 spiro atoms. The molecule has 31 heavy (non-hydrogen) atoms. The van der Waals surface area contributed by atoms with Gasteiger partial charge < -0.3 is 15.5 Å². The standard InChI is InChI=1S/C22H27F2N3O3S/c1-2-3-5-22(28)26-20-15-18(27-10-4-8-25-9-11-27)6-7-21(20)31(29,30)19-13-16(23)12-17(24)14-19/h6-7,12-15,25H,2-5,8-11H2,1H3,(H,26,28).